The second kappa shape index (κ2) is 9.08. The van der Waals surface area contributed by atoms with Crippen molar-refractivity contribution in [3.63, 3.8) is 0 Å². The van der Waals surface area contributed by atoms with Gasteiger partial charge in [-0.25, -0.2) is 18.2 Å². The summed E-state index contributed by atoms with van der Waals surface area (Å²) in [5.74, 6) is 2.98. The number of aliphatic imine (C=N–C) groups is 1. The fourth-order valence-electron chi connectivity index (χ4n) is 3.69. The second-order valence-electron chi connectivity index (χ2n) is 6.83. The Hall–Kier alpha value is -3.89. The first-order chi connectivity index (χ1) is 15.3. The van der Waals surface area contributed by atoms with Gasteiger partial charge in [-0.3, -0.25) is 0 Å². The summed E-state index contributed by atoms with van der Waals surface area (Å²) >= 11 is 0. The summed E-state index contributed by atoms with van der Waals surface area (Å²) in [6.07, 6.45) is 0. The monoisotopic (exact) mass is 454 g/mol. The number of carbonyl (C=O) groups is 1. The molecule has 0 fully saturated rings. The van der Waals surface area contributed by atoms with Crippen molar-refractivity contribution < 1.29 is 23.2 Å². The first-order valence-electron chi connectivity index (χ1n) is 9.39. The normalized spacial score (nSPS) is 14.0. The molecule has 0 aliphatic rings. The van der Waals surface area contributed by atoms with Gasteiger partial charge in [-0.1, -0.05) is 66.7 Å². The molecule has 7 N–H and O–H groups in total. The Morgan fingerprint density at radius 1 is 0.906 bits per heavy atom. The van der Waals surface area contributed by atoms with Gasteiger partial charge < -0.3 is 21.4 Å². The topological polar surface area (TPSA) is 171 Å². The van der Waals surface area contributed by atoms with Crippen LogP contribution in [-0.4, -0.2) is 31.5 Å². The van der Waals surface area contributed by atoms with Crippen molar-refractivity contribution in [2.45, 2.75) is 15.7 Å². The lowest BCUT2D eigenvalue weighted by Gasteiger charge is -2.38. The number of nitrogens with zero attached hydrogens (tertiary/aromatic N) is 1. The highest BCUT2D eigenvalue weighted by Gasteiger charge is 2.58. The summed E-state index contributed by atoms with van der Waals surface area (Å²) < 4.78 is 26.3. The molecule has 166 valence electrons. The molecule has 0 aromatic heterocycles. The summed E-state index contributed by atoms with van der Waals surface area (Å²) in [5.41, 5.74) is 11.1. The van der Waals surface area contributed by atoms with E-state index in [9.17, 15) is 18.3 Å². The predicted octanol–water partition coefficient (Wildman–Crippen LogP) is 1.17. The SMILES string of the molecule is NOC(=O)C(N=C(N)N)C(c1ccccc1)(c1ccccc1O)S(=O)(=O)c1ccccc1. The summed E-state index contributed by atoms with van der Waals surface area (Å²) in [6, 6.07) is 19.1. The van der Waals surface area contributed by atoms with Crippen molar-refractivity contribution in [3.05, 3.63) is 96.1 Å². The maximum atomic E-state index is 14.3. The summed E-state index contributed by atoms with van der Waals surface area (Å²) in [5, 5.41) is 10.8. The first kappa shape index (κ1) is 22.8. The number of nitrogens with two attached hydrogens (primary N) is 3. The van der Waals surface area contributed by atoms with E-state index in [2.05, 4.69) is 9.83 Å². The van der Waals surface area contributed by atoms with Gasteiger partial charge >= 0.3 is 5.97 Å². The van der Waals surface area contributed by atoms with Crippen LogP contribution in [0.5, 0.6) is 5.75 Å². The third-order valence-electron chi connectivity index (χ3n) is 4.99. The Kier molecular flexibility index (Phi) is 6.47. The summed E-state index contributed by atoms with van der Waals surface area (Å²) in [7, 11) is -4.53. The number of benzene rings is 3. The molecule has 3 rings (SSSR count). The molecular formula is C22H22N4O5S. The van der Waals surface area contributed by atoms with E-state index in [0.717, 1.165) is 0 Å². The lowest BCUT2D eigenvalue weighted by atomic mass is 9.83. The number of phenolic OH excluding ortho intramolecular Hbond substituents is 1. The van der Waals surface area contributed by atoms with Gasteiger partial charge in [0.25, 0.3) is 0 Å². The van der Waals surface area contributed by atoms with E-state index in [-0.39, 0.29) is 16.0 Å². The van der Waals surface area contributed by atoms with E-state index in [1.807, 2.05) is 0 Å². The quantitative estimate of drug-likeness (QED) is 0.234. The standard InChI is InChI=1S/C22H22N4O5S/c23-21(24)26-19(20(28)31-25)22(15-9-3-1-4-10-15,17-13-7-8-14-18(17)27)32(29,30)16-11-5-2-6-12-16/h1-14,19,27H,25H2,(H4,23,24,26). The molecule has 9 nitrogen and oxygen atoms in total. The average Bonchev–Trinajstić information content (AvgIpc) is 2.80. The molecule has 2 unspecified atom stereocenters. The van der Waals surface area contributed by atoms with Crippen LogP contribution < -0.4 is 17.4 Å². The highest BCUT2D eigenvalue weighted by atomic mass is 32.2. The summed E-state index contributed by atoms with van der Waals surface area (Å²) in [4.78, 5) is 21.2. The molecule has 0 radical (unpaired) electrons. The Morgan fingerprint density at radius 3 is 1.97 bits per heavy atom. The van der Waals surface area contributed by atoms with Gasteiger partial charge in [0.15, 0.2) is 26.6 Å². The highest BCUT2D eigenvalue weighted by Crippen LogP contribution is 2.48. The van der Waals surface area contributed by atoms with Crippen molar-refractivity contribution in [2.75, 3.05) is 0 Å². The molecule has 0 aliphatic carbocycles. The van der Waals surface area contributed by atoms with E-state index in [1.165, 1.54) is 60.7 Å². The van der Waals surface area contributed by atoms with Crippen LogP contribution in [0.2, 0.25) is 0 Å². The van der Waals surface area contributed by atoms with Gasteiger partial charge in [0, 0.05) is 5.56 Å². The van der Waals surface area contributed by atoms with Gasteiger partial charge in [-0.15, -0.1) is 0 Å². The maximum absolute atomic E-state index is 14.3. The molecule has 3 aromatic carbocycles. The van der Waals surface area contributed by atoms with Crippen LogP contribution in [0.4, 0.5) is 0 Å². The van der Waals surface area contributed by atoms with Crippen LogP contribution in [0.1, 0.15) is 11.1 Å². The maximum Gasteiger partial charge on any atom is 0.351 e. The van der Waals surface area contributed by atoms with Crippen LogP contribution in [-0.2, 0) is 24.2 Å². The van der Waals surface area contributed by atoms with Crippen molar-refractivity contribution in [3.8, 4) is 5.75 Å². The highest BCUT2D eigenvalue weighted by molar-refractivity contribution is 7.92. The number of hydrogen-bond donors (Lipinski definition) is 4. The first-order valence-corrected chi connectivity index (χ1v) is 10.9. The van der Waals surface area contributed by atoms with Crippen LogP contribution >= 0.6 is 0 Å². The van der Waals surface area contributed by atoms with E-state index in [0.29, 0.717) is 0 Å². The smallest absolute Gasteiger partial charge is 0.351 e. The van der Waals surface area contributed by atoms with Gasteiger partial charge in [0.05, 0.1) is 4.90 Å². The minimum absolute atomic E-state index is 0.116. The van der Waals surface area contributed by atoms with Gasteiger partial charge in [0.2, 0.25) is 0 Å². The fraction of sp³-hybridized carbons (Fsp3) is 0.0909. The average molecular weight is 455 g/mol. The third-order valence-corrected chi connectivity index (χ3v) is 7.41. The minimum Gasteiger partial charge on any atom is -0.508 e. The predicted molar refractivity (Wildman–Crippen MR) is 119 cm³/mol. The zero-order chi connectivity index (χ0) is 23.4. The fourth-order valence-corrected chi connectivity index (χ4v) is 5.93. The van der Waals surface area contributed by atoms with Gasteiger partial charge in [-0.05, 0) is 23.8 Å². The van der Waals surface area contributed by atoms with E-state index < -0.39 is 38.3 Å². The largest absolute Gasteiger partial charge is 0.508 e. The van der Waals surface area contributed by atoms with Crippen LogP contribution in [0.3, 0.4) is 0 Å². The minimum atomic E-state index is -4.53. The van der Waals surface area contributed by atoms with Gasteiger partial charge in [0.1, 0.15) is 5.75 Å². The van der Waals surface area contributed by atoms with E-state index in [4.69, 9.17) is 17.4 Å². The van der Waals surface area contributed by atoms with Crippen LogP contribution in [0.25, 0.3) is 0 Å². The zero-order valence-electron chi connectivity index (χ0n) is 16.8. The number of rotatable bonds is 7. The molecule has 32 heavy (non-hydrogen) atoms. The number of hydrogen-bond acceptors (Lipinski definition) is 7. The Labute approximate surface area is 185 Å². The van der Waals surface area contributed by atoms with Crippen LogP contribution in [0.15, 0.2) is 94.8 Å². The summed E-state index contributed by atoms with van der Waals surface area (Å²) in [6.45, 7) is 0. The van der Waals surface area contributed by atoms with Crippen LogP contribution in [0, 0.1) is 0 Å². The number of sulfone groups is 1. The van der Waals surface area contributed by atoms with E-state index >= 15 is 0 Å². The zero-order valence-corrected chi connectivity index (χ0v) is 17.6. The number of phenols is 1. The molecule has 0 amide bonds. The van der Waals surface area contributed by atoms with Crippen molar-refractivity contribution >= 4 is 21.8 Å². The lowest BCUT2D eigenvalue weighted by molar-refractivity contribution is -0.146. The Morgan fingerprint density at radius 2 is 1.44 bits per heavy atom. The molecule has 10 heteroatoms. The Balaban J connectivity index is 2.60. The molecule has 3 aromatic rings. The number of aromatic hydroxyl groups is 1. The molecule has 0 bridgehead atoms. The number of guanidine groups is 1. The van der Waals surface area contributed by atoms with E-state index in [1.54, 1.807) is 24.3 Å². The molecule has 0 saturated carbocycles. The lowest BCUT2D eigenvalue weighted by Crippen LogP contribution is -2.52. The second-order valence-corrected chi connectivity index (χ2v) is 8.95. The number of carbonyl (C=O) groups excluding carboxylic acids is 1. The number of para-hydroxylation sites is 1. The molecule has 2 atom stereocenters. The molecule has 0 saturated heterocycles. The molecule has 0 spiro atoms. The van der Waals surface area contributed by atoms with Gasteiger partial charge in [-0.2, -0.15) is 5.90 Å². The molecular weight excluding hydrogens is 432 g/mol. The van der Waals surface area contributed by atoms with Crippen molar-refractivity contribution in [2.24, 2.45) is 22.4 Å². The Bertz CT molecular complexity index is 1230. The van der Waals surface area contributed by atoms with Crippen molar-refractivity contribution in [1.82, 2.24) is 0 Å². The molecule has 0 heterocycles. The van der Waals surface area contributed by atoms with Crippen molar-refractivity contribution in [1.29, 1.82) is 0 Å². The third kappa shape index (κ3) is 3.77. The molecule has 0 aliphatic heterocycles.